The van der Waals surface area contributed by atoms with Crippen molar-refractivity contribution in [2.45, 2.75) is 6.92 Å². The average Bonchev–Trinajstić information content (AvgIpc) is 2.35. The zero-order chi connectivity index (χ0) is 12.5. The minimum Gasteiger partial charge on any atom is -0.497 e. The maximum Gasteiger partial charge on any atom is 0.238 e. The molecule has 0 aromatic heterocycles. The monoisotopic (exact) mass is 232 g/mol. The number of benzene rings is 1. The largest absolute Gasteiger partial charge is 0.497 e. The van der Waals surface area contributed by atoms with E-state index in [0.717, 1.165) is 5.69 Å². The predicted molar refractivity (Wildman–Crippen MR) is 67.9 cm³/mol. The maximum absolute atomic E-state index is 11.5. The summed E-state index contributed by atoms with van der Waals surface area (Å²) >= 11 is 0. The topological polar surface area (TPSA) is 50.4 Å². The lowest BCUT2D eigenvalue weighted by atomic mass is 10.3. The first-order chi connectivity index (χ1) is 8.26. The van der Waals surface area contributed by atoms with Crippen molar-refractivity contribution < 1.29 is 9.53 Å². The summed E-state index contributed by atoms with van der Waals surface area (Å²) in [5.74, 6) is 6.18. The van der Waals surface area contributed by atoms with E-state index in [9.17, 15) is 4.79 Å². The van der Waals surface area contributed by atoms with Crippen LogP contribution in [0.4, 0.5) is 5.69 Å². The normalized spacial score (nSPS) is 9.06. The van der Waals surface area contributed by atoms with Gasteiger partial charge < -0.3 is 10.1 Å². The van der Waals surface area contributed by atoms with Crippen molar-refractivity contribution >= 4 is 11.6 Å². The number of amides is 1. The van der Waals surface area contributed by atoms with Crippen molar-refractivity contribution in [2.24, 2.45) is 0 Å². The second kappa shape index (κ2) is 7.31. The van der Waals surface area contributed by atoms with Gasteiger partial charge in [-0.1, -0.05) is 12.0 Å². The third kappa shape index (κ3) is 5.05. The van der Waals surface area contributed by atoms with Gasteiger partial charge in [-0.15, -0.1) is 5.92 Å². The van der Waals surface area contributed by atoms with E-state index < -0.39 is 0 Å². The van der Waals surface area contributed by atoms with Gasteiger partial charge in [0.25, 0.3) is 0 Å². The highest BCUT2D eigenvalue weighted by Gasteiger charge is 2.01. The molecule has 0 fully saturated rings. The molecule has 1 aromatic rings. The first kappa shape index (κ1) is 13.1. The molecule has 0 saturated carbocycles. The van der Waals surface area contributed by atoms with E-state index in [1.807, 2.05) is 18.2 Å². The van der Waals surface area contributed by atoms with Crippen molar-refractivity contribution in [2.75, 3.05) is 25.5 Å². The first-order valence-corrected chi connectivity index (χ1v) is 5.30. The minimum atomic E-state index is -0.101. The Hall–Kier alpha value is -1.99. The van der Waals surface area contributed by atoms with Crippen molar-refractivity contribution in [1.29, 1.82) is 0 Å². The summed E-state index contributed by atoms with van der Waals surface area (Å²) in [6, 6.07) is 7.23. The van der Waals surface area contributed by atoms with E-state index in [4.69, 9.17) is 4.74 Å². The van der Waals surface area contributed by atoms with Crippen molar-refractivity contribution in [3.63, 3.8) is 0 Å². The predicted octanol–water partition coefficient (Wildman–Crippen LogP) is 1.25. The Morgan fingerprint density at radius 1 is 1.47 bits per heavy atom. The van der Waals surface area contributed by atoms with E-state index in [1.165, 1.54) is 0 Å². The van der Waals surface area contributed by atoms with E-state index in [0.29, 0.717) is 12.3 Å². The fourth-order valence-electron chi connectivity index (χ4n) is 1.23. The highest BCUT2D eigenvalue weighted by molar-refractivity contribution is 5.92. The van der Waals surface area contributed by atoms with Gasteiger partial charge in [-0.2, -0.15) is 0 Å². The lowest BCUT2D eigenvalue weighted by molar-refractivity contribution is -0.115. The van der Waals surface area contributed by atoms with Crippen LogP contribution < -0.4 is 15.4 Å². The average molecular weight is 232 g/mol. The number of nitrogens with one attached hydrogen (secondary N) is 2. The third-order valence-electron chi connectivity index (χ3n) is 2.03. The van der Waals surface area contributed by atoms with Crippen molar-refractivity contribution in [1.82, 2.24) is 5.32 Å². The van der Waals surface area contributed by atoms with Gasteiger partial charge in [-0.25, -0.2) is 0 Å². The Morgan fingerprint density at radius 3 is 3.00 bits per heavy atom. The highest BCUT2D eigenvalue weighted by atomic mass is 16.5. The number of methoxy groups -OCH3 is 1. The Kier molecular flexibility index (Phi) is 5.62. The molecule has 0 bridgehead atoms. The summed E-state index contributed by atoms with van der Waals surface area (Å²) in [6.07, 6.45) is 0. The van der Waals surface area contributed by atoms with Crippen molar-refractivity contribution in [3.05, 3.63) is 24.3 Å². The molecule has 0 aliphatic carbocycles. The maximum atomic E-state index is 11.5. The molecule has 2 N–H and O–H groups in total. The minimum absolute atomic E-state index is 0.101. The van der Waals surface area contributed by atoms with Crippen LogP contribution in [0, 0.1) is 11.8 Å². The SMILES string of the molecule is CC#CCNCC(=O)Nc1cccc(OC)c1. The molecule has 0 unspecified atom stereocenters. The summed E-state index contributed by atoms with van der Waals surface area (Å²) < 4.78 is 5.06. The molecule has 0 saturated heterocycles. The van der Waals surface area contributed by atoms with Crippen LogP contribution in [0.2, 0.25) is 0 Å². The summed E-state index contributed by atoms with van der Waals surface area (Å²) in [7, 11) is 1.59. The lowest BCUT2D eigenvalue weighted by Crippen LogP contribution is -2.28. The molecule has 0 radical (unpaired) electrons. The van der Waals surface area contributed by atoms with E-state index in [-0.39, 0.29) is 12.5 Å². The molecule has 0 aliphatic rings. The molecule has 1 rings (SSSR count). The van der Waals surface area contributed by atoms with Crippen LogP contribution in [0.1, 0.15) is 6.92 Å². The molecular weight excluding hydrogens is 216 g/mol. The molecule has 1 aromatic carbocycles. The summed E-state index contributed by atoms with van der Waals surface area (Å²) in [5.41, 5.74) is 0.720. The Labute approximate surface area is 101 Å². The number of carbonyl (C=O) groups is 1. The lowest BCUT2D eigenvalue weighted by Gasteiger charge is -2.06. The van der Waals surface area contributed by atoms with Gasteiger partial charge in [0.15, 0.2) is 0 Å². The smallest absolute Gasteiger partial charge is 0.238 e. The van der Waals surface area contributed by atoms with E-state index in [1.54, 1.807) is 20.1 Å². The van der Waals surface area contributed by atoms with Gasteiger partial charge in [-0.3, -0.25) is 10.1 Å². The van der Waals surface area contributed by atoms with Crippen LogP contribution in [-0.4, -0.2) is 26.1 Å². The molecule has 90 valence electrons. The molecule has 0 atom stereocenters. The summed E-state index contributed by atoms with van der Waals surface area (Å²) in [6.45, 7) is 2.52. The zero-order valence-corrected chi connectivity index (χ0v) is 10.0. The van der Waals surface area contributed by atoms with Gasteiger partial charge in [-0.05, 0) is 19.1 Å². The molecule has 4 nitrogen and oxygen atoms in total. The number of ether oxygens (including phenoxy) is 1. The summed E-state index contributed by atoms with van der Waals surface area (Å²) in [4.78, 5) is 11.5. The van der Waals surface area contributed by atoms with E-state index >= 15 is 0 Å². The van der Waals surface area contributed by atoms with E-state index in [2.05, 4.69) is 22.5 Å². The standard InChI is InChI=1S/C13H16N2O2/c1-3-4-8-14-10-13(16)15-11-6-5-7-12(9-11)17-2/h5-7,9,14H,8,10H2,1-2H3,(H,15,16). The van der Waals surface area contributed by atoms with Crippen LogP contribution in [-0.2, 0) is 4.79 Å². The Morgan fingerprint density at radius 2 is 2.29 bits per heavy atom. The Balaban J connectivity index is 2.41. The number of anilines is 1. The highest BCUT2D eigenvalue weighted by Crippen LogP contribution is 2.16. The zero-order valence-electron chi connectivity index (χ0n) is 10.0. The van der Waals surface area contributed by atoms with Crippen LogP contribution in [0.15, 0.2) is 24.3 Å². The molecule has 17 heavy (non-hydrogen) atoms. The van der Waals surface area contributed by atoms with Gasteiger partial charge >= 0.3 is 0 Å². The number of hydrogen-bond acceptors (Lipinski definition) is 3. The first-order valence-electron chi connectivity index (χ1n) is 5.30. The van der Waals surface area contributed by atoms with Crippen LogP contribution >= 0.6 is 0 Å². The van der Waals surface area contributed by atoms with Crippen LogP contribution in [0.25, 0.3) is 0 Å². The van der Waals surface area contributed by atoms with Gasteiger partial charge in [0, 0.05) is 11.8 Å². The molecule has 0 aliphatic heterocycles. The fraction of sp³-hybridized carbons (Fsp3) is 0.308. The summed E-state index contributed by atoms with van der Waals surface area (Å²) in [5, 5.41) is 5.68. The Bertz CT molecular complexity index is 433. The third-order valence-corrected chi connectivity index (χ3v) is 2.03. The van der Waals surface area contributed by atoms with Gasteiger partial charge in [0.1, 0.15) is 5.75 Å². The number of hydrogen-bond donors (Lipinski definition) is 2. The van der Waals surface area contributed by atoms with Gasteiger partial charge in [0.05, 0.1) is 20.2 Å². The quantitative estimate of drug-likeness (QED) is 0.593. The number of carbonyl (C=O) groups excluding carboxylic acids is 1. The van der Waals surface area contributed by atoms with Gasteiger partial charge in [0.2, 0.25) is 5.91 Å². The molecular formula is C13H16N2O2. The van der Waals surface area contributed by atoms with Crippen LogP contribution in [0.5, 0.6) is 5.75 Å². The number of rotatable bonds is 5. The van der Waals surface area contributed by atoms with Crippen molar-refractivity contribution in [3.8, 4) is 17.6 Å². The molecule has 1 amide bonds. The molecule has 0 spiro atoms. The second-order valence-electron chi connectivity index (χ2n) is 3.31. The molecule has 4 heteroatoms. The second-order valence-corrected chi connectivity index (χ2v) is 3.31. The molecule has 0 heterocycles. The fourth-order valence-corrected chi connectivity index (χ4v) is 1.23. The van der Waals surface area contributed by atoms with Crippen LogP contribution in [0.3, 0.4) is 0 Å².